The van der Waals surface area contributed by atoms with Gasteiger partial charge in [0.2, 0.25) is 0 Å². The third-order valence-electron chi connectivity index (χ3n) is 3.20. The summed E-state index contributed by atoms with van der Waals surface area (Å²) in [4.78, 5) is 0. The van der Waals surface area contributed by atoms with Crippen LogP contribution in [0.2, 0.25) is 0 Å². The van der Waals surface area contributed by atoms with Crippen molar-refractivity contribution < 1.29 is 9.47 Å². The van der Waals surface area contributed by atoms with Gasteiger partial charge in [-0.2, -0.15) is 0 Å². The van der Waals surface area contributed by atoms with Crippen molar-refractivity contribution in [3.8, 4) is 11.5 Å². The number of nitrogens with one attached hydrogen (secondary N) is 1. The second-order valence-corrected chi connectivity index (χ2v) is 5.65. The van der Waals surface area contributed by atoms with E-state index in [9.17, 15) is 0 Å². The molecule has 2 aromatic carbocycles. The maximum atomic E-state index is 5.60. The van der Waals surface area contributed by atoms with E-state index in [0.29, 0.717) is 6.61 Å². The molecule has 0 atom stereocenters. The molecule has 0 saturated carbocycles. The van der Waals surface area contributed by atoms with Gasteiger partial charge in [0.15, 0.2) is 11.5 Å². The molecule has 3 nitrogen and oxygen atoms in total. The molecule has 0 aliphatic heterocycles. The van der Waals surface area contributed by atoms with Gasteiger partial charge in [0.25, 0.3) is 0 Å². The summed E-state index contributed by atoms with van der Waals surface area (Å²) >= 11 is 3.48. The van der Waals surface area contributed by atoms with Crippen LogP contribution in [0.3, 0.4) is 0 Å². The number of hydrogen-bond acceptors (Lipinski definition) is 3. The molecule has 0 bridgehead atoms. The number of halogens is 1. The monoisotopic (exact) mass is 349 g/mol. The predicted octanol–water partition coefficient (Wildman–Crippen LogP) is 4.78. The lowest BCUT2D eigenvalue weighted by Gasteiger charge is -2.13. The maximum absolute atomic E-state index is 5.60. The second kappa shape index (κ2) is 7.36. The number of methoxy groups -OCH3 is 1. The summed E-state index contributed by atoms with van der Waals surface area (Å²) in [7, 11) is 1.65. The lowest BCUT2D eigenvalue weighted by molar-refractivity contribution is 0.310. The standard InChI is InChI=1S/C17H20BrNO2/c1-4-21-17-10-13(5-8-16(17)20-3)11-19-15-7-6-14(18)9-12(15)2/h5-10,19H,4,11H2,1-3H3. The Morgan fingerprint density at radius 2 is 1.90 bits per heavy atom. The minimum Gasteiger partial charge on any atom is -0.493 e. The molecule has 0 aliphatic carbocycles. The van der Waals surface area contributed by atoms with Gasteiger partial charge >= 0.3 is 0 Å². The normalized spacial score (nSPS) is 10.3. The van der Waals surface area contributed by atoms with Crippen LogP contribution in [0.15, 0.2) is 40.9 Å². The summed E-state index contributed by atoms with van der Waals surface area (Å²) in [5.74, 6) is 1.55. The molecule has 1 N–H and O–H groups in total. The summed E-state index contributed by atoms with van der Waals surface area (Å²) in [5, 5.41) is 3.45. The highest BCUT2D eigenvalue weighted by Crippen LogP contribution is 2.28. The van der Waals surface area contributed by atoms with Gasteiger partial charge < -0.3 is 14.8 Å². The zero-order chi connectivity index (χ0) is 15.2. The Kier molecular flexibility index (Phi) is 5.51. The fraction of sp³-hybridized carbons (Fsp3) is 0.294. The Hall–Kier alpha value is -1.68. The van der Waals surface area contributed by atoms with E-state index in [2.05, 4.69) is 40.3 Å². The Morgan fingerprint density at radius 3 is 2.57 bits per heavy atom. The molecule has 2 rings (SSSR count). The fourth-order valence-electron chi connectivity index (χ4n) is 2.12. The lowest BCUT2D eigenvalue weighted by atomic mass is 10.1. The third-order valence-corrected chi connectivity index (χ3v) is 3.69. The summed E-state index contributed by atoms with van der Waals surface area (Å²) < 4.78 is 12.0. The predicted molar refractivity (Wildman–Crippen MR) is 90.4 cm³/mol. The van der Waals surface area contributed by atoms with Crippen molar-refractivity contribution in [3.63, 3.8) is 0 Å². The van der Waals surface area contributed by atoms with Crippen molar-refractivity contribution in [1.29, 1.82) is 0 Å². The molecule has 0 saturated heterocycles. The Balaban J connectivity index is 2.10. The molecule has 0 aromatic heterocycles. The van der Waals surface area contributed by atoms with Crippen molar-refractivity contribution in [1.82, 2.24) is 0 Å². The average molecular weight is 350 g/mol. The van der Waals surface area contributed by atoms with Crippen LogP contribution in [-0.4, -0.2) is 13.7 Å². The Morgan fingerprint density at radius 1 is 1.10 bits per heavy atom. The first-order valence-electron chi connectivity index (χ1n) is 6.93. The van der Waals surface area contributed by atoms with E-state index in [1.165, 1.54) is 5.56 Å². The quantitative estimate of drug-likeness (QED) is 0.814. The van der Waals surface area contributed by atoms with Gasteiger partial charge in [-0.25, -0.2) is 0 Å². The van der Waals surface area contributed by atoms with Crippen molar-refractivity contribution in [2.75, 3.05) is 19.0 Å². The molecule has 0 unspecified atom stereocenters. The molecular weight excluding hydrogens is 330 g/mol. The molecule has 112 valence electrons. The van der Waals surface area contributed by atoms with Crippen LogP contribution in [-0.2, 0) is 6.54 Å². The first-order chi connectivity index (χ1) is 10.1. The molecule has 0 amide bonds. The summed E-state index contributed by atoms with van der Waals surface area (Å²) in [6.45, 7) is 5.42. The van der Waals surface area contributed by atoms with Crippen LogP contribution < -0.4 is 14.8 Å². The van der Waals surface area contributed by atoms with Crippen molar-refractivity contribution in [2.45, 2.75) is 20.4 Å². The van der Waals surface area contributed by atoms with Crippen LogP contribution in [0.4, 0.5) is 5.69 Å². The summed E-state index contributed by atoms with van der Waals surface area (Å²) in [5.41, 5.74) is 3.50. The fourth-order valence-corrected chi connectivity index (χ4v) is 2.60. The minimum atomic E-state index is 0.624. The highest BCUT2D eigenvalue weighted by Gasteiger charge is 2.06. The van der Waals surface area contributed by atoms with E-state index in [-0.39, 0.29) is 0 Å². The van der Waals surface area contributed by atoms with Gasteiger partial charge in [0, 0.05) is 16.7 Å². The zero-order valence-electron chi connectivity index (χ0n) is 12.6. The molecular formula is C17H20BrNO2. The highest BCUT2D eigenvalue weighted by molar-refractivity contribution is 9.10. The van der Waals surface area contributed by atoms with Gasteiger partial charge in [0.05, 0.1) is 13.7 Å². The molecule has 4 heteroatoms. The summed E-state index contributed by atoms with van der Waals surface area (Å²) in [6.07, 6.45) is 0. The van der Waals surface area contributed by atoms with E-state index < -0.39 is 0 Å². The van der Waals surface area contributed by atoms with Crippen molar-refractivity contribution in [2.24, 2.45) is 0 Å². The smallest absolute Gasteiger partial charge is 0.161 e. The van der Waals surface area contributed by atoms with Crippen LogP contribution >= 0.6 is 15.9 Å². The van der Waals surface area contributed by atoms with Gasteiger partial charge in [-0.3, -0.25) is 0 Å². The van der Waals surface area contributed by atoms with Gasteiger partial charge in [-0.05, 0) is 55.3 Å². The maximum Gasteiger partial charge on any atom is 0.161 e. The van der Waals surface area contributed by atoms with Gasteiger partial charge in [-0.1, -0.05) is 22.0 Å². The second-order valence-electron chi connectivity index (χ2n) is 4.73. The van der Waals surface area contributed by atoms with E-state index in [1.54, 1.807) is 7.11 Å². The highest BCUT2D eigenvalue weighted by atomic mass is 79.9. The largest absolute Gasteiger partial charge is 0.493 e. The zero-order valence-corrected chi connectivity index (χ0v) is 14.2. The Labute approximate surface area is 134 Å². The molecule has 0 radical (unpaired) electrons. The van der Waals surface area contributed by atoms with Crippen LogP contribution in [0.5, 0.6) is 11.5 Å². The first-order valence-corrected chi connectivity index (χ1v) is 7.73. The average Bonchev–Trinajstić information content (AvgIpc) is 2.47. The molecule has 0 spiro atoms. The van der Waals surface area contributed by atoms with Crippen LogP contribution in [0, 0.1) is 6.92 Å². The lowest BCUT2D eigenvalue weighted by Crippen LogP contribution is -2.02. The summed E-state index contributed by atoms with van der Waals surface area (Å²) in [6, 6.07) is 12.2. The van der Waals surface area contributed by atoms with Gasteiger partial charge in [-0.15, -0.1) is 0 Å². The van der Waals surface area contributed by atoms with Crippen molar-refractivity contribution in [3.05, 3.63) is 52.0 Å². The van der Waals surface area contributed by atoms with E-state index >= 15 is 0 Å². The Bertz CT molecular complexity index is 614. The van der Waals surface area contributed by atoms with Crippen LogP contribution in [0.1, 0.15) is 18.1 Å². The third kappa shape index (κ3) is 4.14. The van der Waals surface area contributed by atoms with E-state index in [4.69, 9.17) is 9.47 Å². The minimum absolute atomic E-state index is 0.624. The van der Waals surface area contributed by atoms with Gasteiger partial charge in [0.1, 0.15) is 0 Å². The number of benzene rings is 2. The number of anilines is 1. The number of rotatable bonds is 6. The SMILES string of the molecule is CCOc1cc(CNc2ccc(Br)cc2C)ccc1OC. The topological polar surface area (TPSA) is 30.5 Å². The first kappa shape index (κ1) is 15.7. The molecule has 0 heterocycles. The molecule has 2 aromatic rings. The van der Waals surface area contributed by atoms with Crippen molar-refractivity contribution >= 4 is 21.6 Å². The molecule has 0 fully saturated rings. The molecule has 0 aliphatic rings. The van der Waals surface area contributed by atoms with E-state index in [0.717, 1.165) is 33.8 Å². The number of aryl methyl sites for hydroxylation is 1. The number of hydrogen-bond donors (Lipinski definition) is 1. The van der Waals surface area contributed by atoms with Crippen LogP contribution in [0.25, 0.3) is 0 Å². The molecule has 21 heavy (non-hydrogen) atoms. The van der Waals surface area contributed by atoms with E-state index in [1.807, 2.05) is 31.2 Å². The number of ether oxygens (including phenoxy) is 2.